The highest BCUT2D eigenvalue weighted by atomic mass is 16.5. The lowest BCUT2D eigenvalue weighted by molar-refractivity contribution is -0.154. The molecule has 106 valence electrons. The number of carbonyl (C=O) groups excluding carboxylic acids is 2. The van der Waals surface area contributed by atoms with Crippen molar-refractivity contribution in [1.29, 1.82) is 0 Å². The van der Waals surface area contributed by atoms with E-state index in [1.807, 2.05) is 0 Å². The molecule has 2 amide bonds. The molecule has 1 aliphatic carbocycles. The molecule has 0 aromatic rings. The molecule has 0 N–H and O–H groups in total. The van der Waals surface area contributed by atoms with Gasteiger partial charge in [-0.25, -0.2) is 0 Å². The van der Waals surface area contributed by atoms with E-state index in [1.54, 1.807) is 9.80 Å². The Bertz CT molecular complexity index is 366. The van der Waals surface area contributed by atoms with E-state index >= 15 is 0 Å². The Morgan fingerprint density at radius 2 is 1.89 bits per heavy atom. The monoisotopic (exact) mass is 266 g/mol. The molecule has 0 spiro atoms. The number of hydrogen-bond acceptors (Lipinski definition) is 3. The summed E-state index contributed by atoms with van der Waals surface area (Å²) in [4.78, 5) is 27.6. The molecular formula is C14H22N2O3. The van der Waals surface area contributed by atoms with Gasteiger partial charge in [0.1, 0.15) is 6.04 Å². The van der Waals surface area contributed by atoms with Crippen LogP contribution in [0.15, 0.2) is 0 Å². The van der Waals surface area contributed by atoms with Gasteiger partial charge in [0.25, 0.3) is 0 Å². The van der Waals surface area contributed by atoms with Crippen molar-refractivity contribution < 1.29 is 14.3 Å². The van der Waals surface area contributed by atoms with Crippen LogP contribution in [-0.4, -0.2) is 60.0 Å². The molecule has 3 aliphatic rings. The zero-order valence-electron chi connectivity index (χ0n) is 11.3. The third-order valence-electron chi connectivity index (χ3n) is 4.51. The average Bonchev–Trinajstić information content (AvgIpc) is 3.06. The van der Waals surface area contributed by atoms with Crippen LogP contribution >= 0.6 is 0 Å². The maximum atomic E-state index is 12.3. The van der Waals surface area contributed by atoms with E-state index in [1.165, 1.54) is 12.8 Å². The Kier molecular flexibility index (Phi) is 3.73. The Hall–Kier alpha value is -1.10. The summed E-state index contributed by atoms with van der Waals surface area (Å²) in [7, 11) is 0. The first-order valence-corrected chi connectivity index (χ1v) is 7.45. The molecule has 3 rings (SSSR count). The van der Waals surface area contributed by atoms with Crippen molar-refractivity contribution >= 4 is 11.8 Å². The summed E-state index contributed by atoms with van der Waals surface area (Å²) in [6.45, 7) is 2.12. The number of hydrogen-bond donors (Lipinski definition) is 0. The average molecular weight is 266 g/mol. The molecular weight excluding hydrogens is 244 g/mol. The molecule has 3 fully saturated rings. The molecule has 1 saturated carbocycles. The van der Waals surface area contributed by atoms with Gasteiger partial charge in [-0.1, -0.05) is 12.8 Å². The topological polar surface area (TPSA) is 49.9 Å². The van der Waals surface area contributed by atoms with Gasteiger partial charge in [-0.3, -0.25) is 9.59 Å². The van der Waals surface area contributed by atoms with E-state index < -0.39 is 0 Å². The van der Waals surface area contributed by atoms with E-state index in [4.69, 9.17) is 4.74 Å². The normalized spacial score (nSPS) is 28.3. The number of carbonyl (C=O) groups is 2. The van der Waals surface area contributed by atoms with Gasteiger partial charge in [-0.2, -0.15) is 0 Å². The molecule has 0 bridgehead atoms. The first-order chi connectivity index (χ1) is 9.25. The second-order valence-corrected chi connectivity index (χ2v) is 5.78. The Balaban J connectivity index is 1.50. The molecule has 5 nitrogen and oxygen atoms in total. The number of amides is 2. The maximum Gasteiger partial charge on any atom is 0.245 e. The third kappa shape index (κ3) is 2.61. The number of nitrogens with zero attached hydrogens (tertiary/aromatic N) is 2. The molecule has 2 saturated heterocycles. The van der Waals surface area contributed by atoms with Crippen LogP contribution < -0.4 is 0 Å². The van der Waals surface area contributed by atoms with Gasteiger partial charge in [0.15, 0.2) is 0 Å². The molecule has 2 heterocycles. The molecule has 5 heteroatoms. The van der Waals surface area contributed by atoms with Gasteiger partial charge < -0.3 is 14.5 Å². The molecule has 0 aromatic carbocycles. The van der Waals surface area contributed by atoms with Crippen LogP contribution in [0, 0.1) is 0 Å². The molecule has 0 radical (unpaired) electrons. The zero-order chi connectivity index (χ0) is 13.2. The first kappa shape index (κ1) is 12.9. The van der Waals surface area contributed by atoms with Gasteiger partial charge in [0.05, 0.1) is 19.3 Å². The van der Waals surface area contributed by atoms with Crippen molar-refractivity contribution in [2.24, 2.45) is 0 Å². The van der Waals surface area contributed by atoms with Crippen molar-refractivity contribution in [1.82, 2.24) is 9.80 Å². The highest BCUT2D eigenvalue weighted by Gasteiger charge is 2.41. The summed E-state index contributed by atoms with van der Waals surface area (Å²) >= 11 is 0. The largest absolute Gasteiger partial charge is 0.376 e. The fraction of sp³-hybridized carbons (Fsp3) is 0.857. The van der Waals surface area contributed by atoms with Gasteiger partial charge in [-0.05, 0) is 25.7 Å². The minimum absolute atomic E-state index is 0.1000. The summed E-state index contributed by atoms with van der Waals surface area (Å²) in [6.07, 6.45) is 6.94. The van der Waals surface area contributed by atoms with Crippen LogP contribution in [0.3, 0.4) is 0 Å². The van der Waals surface area contributed by atoms with Gasteiger partial charge in [-0.15, -0.1) is 0 Å². The maximum absolute atomic E-state index is 12.3. The summed E-state index contributed by atoms with van der Waals surface area (Å²) in [6, 6.07) is -0.187. The van der Waals surface area contributed by atoms with Crippen molar-refractivity contribution in [3.8, 4) is 0 Å². The fourth-order valence-corrected chi connectivity index (χ4v) is 3.44. The van der Waals surface area contributed by atoms with E-state index in [9.17, 15) is 9.59 Å². The summed E-state index contributed by atoms with van der Waals surface area (Å²) in [5.74, 6) is 0.218. The Morgan fingerprint density at radius 1 is 1.11 bits per heavy atom. The smallest absolute Gasteiger partial charge is 0.245 e. The lowest BCUT2D eigenvalue weighted by atomic mass is 10.1. The predicted octanol–water partition coefficient (Wildman–Crippen LogP) is 0.779. The highest BCUT2D eigenvalue weighted by Crippen LogP contribution is 2.24. The molecule has 19 heavy (non-hydrogen) atoms. The van der Waals surface area contributed by atoms with E-state index in [-0.39, 0.29) is 24.4 Å². The highest BCUT2D eigenvalue weighted by molar-refractivity contribution is 5.95. The molecule has 1 unspecified atom stereocenters. The predicted molar refractivity (Wildman–Crippen MR) is 69.5 cm³/mol. The minimum Gasteiger partial charge on any atom is -0.376 e. The van der Waals surface area contributed by atoms with Gasteiger partial charge in [0.2, 0.25) is 11.8 Å². The summed E-state index contributed by atoms with van der Waals surface area (Å²) in [5, 5.41) is 0. The van der Waals surface area contributed by atoms with Crippen molar-refractivity contribution in [2.45, 2.75) is 50.7 Å². The summed E-state index contributed by atoms with van der Waals surface area (Å²) in [5.41, 5.74) is 0. The lowest BCUT2D eigenvalue weighted by Crippen LogP contribution is -2.57. The lowest BCUT2D eigenvalue weighted by Gasteiger charge is -2.36. The molecule has 1 atom stereocenters. The third-order valence-corrected chi connectivity index (χ3v) is 4.51. The summed E-state index contributed by atoms with van der Waals surface area (Å²) < 4.78 is 5.78. The van der Waals surface area contributed by atoms with Crippen LogP contribution in [0.25, 0.3) is 0 Å². The fourth-order valence-electron chi connectivity index (χ4n) is 3.44. The number of fused-ring (bicyclic) bond motifs is 1. The Labute approximate surface area is 113 Å². The SMILES string of the molecule is O=C1C2CCCN2C(=O)CN1CCOC1CCCC1. The van der Waals surface area contributed by atoms with Crippen LogP contribution in [0.1, 0.15) is 38.5 Å². The van der Waals surface area contributed by atoms with Gasteiger partial charge >= 0.3 is 0 Å². The number of rotatable bonds is 4. The quantitative estimate of drug-likeness (QED) is 0.755. The number of piperazine rings is 1. The Morgan fingerprint density at radius 3 is 2.68 bits per heavy atom. The van der Waals surface area contributed by atoms with Crippen LogP contribution in [0.2, 0.25) is 0 Å². The van der Waals surface area contributed by atoms with Crippen molar-refractivity contribution in [2.75, 3.05) is 26.2 Å². The van der Waals surface area contributed by atoms with Crippen molar-refractivity contribution in [3.05, 3.63) is 0 Å². The van der Waals surface area contributed by atoms with Crippen molar-refractivity contribution in [3.63, 3.8) is 0 Å². The second-order valence-electron chi connectivity index (χ2n) is 5.78. The molecule has 2 aliphatic heterocycles. The van der Waals surface area contributed by atoms with E-state index in [2.05, 4.69) is 0 Å². The standard InChI is InChI=1S/C14H22N2O3/c17-13-10-15(8-9-19-11-4-1-2-5-11)14(18)12-6-3-7-16(12)13/h11-12H,1-10H2. The zero-order valence-corrected chi connectivity index (χ0v) is 11.3. The molecule has 0 aromatic heterocycles. The van der Waals surface area contributed by atoms with Crippen LogP contribution in [0.4, 0.5) is 0 Å². The van der Waals surface area contributed by atoms with Gasteiger partial charge in [0, 0.05) is 13.1 Å². The number of ether oxygens (including phenoxy) is 1. The van der Waals surface area contributed by atoms with E-state index in [0.717, 1.165) is 32.2 Å². The van der Waals surface area contributed by atoms with E-state index in [0.29, 0.717) is 19.3 Å². The second kappa shape index (κ2) is 5.49. The minimum atomic E-state index is -0.187. The first-order valence-electron chi connectivity index (χ1n) is 7.45. The van der Waals surface area contributed by atoms with Crippen LogP contribution in [0.5, 0.6) is 0 Å². The van der Waals surface area contributed by atoms with Crippen LogP contribution in [-0.2, 0) is 14.3 Å².